The Morgan fingerprint density at radius 1 is 1.13 bits per heavy atom. The first-order valence-electron chi connectivity index (χ1n) is 10.2. The molecule has 0 radical (unpaired) electrons. The van der Waals surface area contributed by atoms with Gasteiger partial charge in [0.1, 0.15) is 6.04 Å². The average molecular weight is 475 g/mol. The van der Waals surface area contributed by atoms with Gasteiger partial charge in [0.05, 0.1) is 0 Å². The van der Waals surface area contributed by atoms with E-state index in [1.54, 1.807) is 11.8 Å². The monoisotopic (exact) mass is 474 g/mol. The highest BCUT2D eigenvalue weighted by Gasteiger charge is 2.26. The SMILES string of the molecule is CCCNC(=O)C(C)N(Cc1cccc(Br)c1)C(=O)CCc1ccc2c(c1)OCO2. The highest BCUT2D eigenvalue weighted by Crippen LogP contribution is 2.32. The molecule has 1 unspecified atom stereocenters. The molecule has 7 heteroatoms. The van der Waals surface area contributed by atoms with E-state index in [9.17, 15) is 9.59 Å². The molecule has 0 spiro atoms. The summed E-state index contributed by atoms with van der Waals surface area (Å²) in [5, 5.41) is 2.89. The van der Waals surface area contributed by atoms with Gasteiger partial charge < -0.3 is 19.7 Å². The van der Waals surface area contributed by atoms with Gasteiger partial charge in [-0.05, 0) is 55.2 Å². The third kappa shape index (κ3) is 5.75. The molecule has 1 aliphatic heterocycles. The maximum absolute atomic E-state index is 13.1. The van der Waals surface area contributed by atoms with Gasteiger partial charge in [-0.15, -0.1) is 0 Å². The van der Waals surface area contributed by atoms with Crippen LogP contribution < -0.4 is 14.8 Å². The van der Waals surface area contributed by atoms with E-state index >= 15 is 0 Å². The average Bonchev–Trinajstić information content (AvgIpc) is 3.21. The molecule has 1 aliphatic rings. The highest BCUT2D eigenvalue weighted by atomic mass is 79.9. The molecule has 3 rings (SSSR count). The van der Waals surface area contributed by atoms with Crippen LogP contribution in [0.5, 0.6) is 11.5 Å². The number of benzene rings is 2. The number of rotatable bonds is 9. The second kappa shape index (κ2) is 10.5. The summed E-state index contributed by atoms with van der Waals surface area (Å²) in [4.78, 5) is 27.4. The van der Waals surface area contributed by atoms with E-state index in [0.29, 0.717) is 31.7 Å². The van der Waals surface area contributed by atoms with Crippen LogP contribution in [0.4, 0.5) is 0 Å². The lowest BCUT2D eigenvalue weighted by molar-refractivity contribution is -0.140. The van der Waals surface area contributed by atoms with Gasteiger partial charge in [0, 0.05) is 24.0 Å². The van der Waals surface area contributed by atoms with E-state index in [-0.39, 0.29) is 18.6 Å². The summed E-state index contributed by atoms with van der Waals surface area (Å²) in [5.41, 5.74) is 1.97. The van der Waals surface area contributed by atoms with Crippen molar-refractivity contribution in [3.63, 3.8) is 0 Å². The minimum atomic E-state index is -0.556. The lowest BCUT2D eigenvalue weighted by Crippen LogP contribution is -2.47. The first-order valence-corrected chi connectivity index (χ1v) is 11.0. The molecule has 0 fully saturated rings. The normalized spacial score (nSPS) is 13.0. The fourth-order valence-corrected chi connectivity index (χ4v) is 3.75. The quantitative estimate of drug-likeness (QED) is 0.594. The molecule has 0 bridgehead atoms. The Balaban J connectivity index is 1.70. The number of carbonyl (C=O) groups excluding carboxylic acids is 2. The van der Waals surface area contributed by atoms with Gasteiger partial charge in [0.25, 0.3) is 0 Å². The minimum absolute atomic E-state index is 0.0632. The lowest BCUT2D eigenvalue weighted by Gasteiger charge is -2.29. The van der Waals surface area contributed by atoms with E-state index in [1.165, 1.54) is 0 Å². The van der Waals surface area contributed by atoms with E-state index in [2.05, 4.69) is 21.2 Å². The molecular weight excluding hydrogens is 448 g/mol. The molecule has 2 aromatic rings. The molecule has 160 valence electrons. The van der Waals surface area contributed by atoms with Crippen LogP contribution in [0.2, 0.25) is 0 Å². The first-order chi connectivity index (χ1) is 14.5. The maximum atomic E-state index is 13.1. The second-order valence-corrected chi connectivity index (χ2v) is 8.22. The topological polar surface area (TPSA) is 67.9 Å². The van der Waals surface area contributed by atoms with E-state index < -0.39 is 6.04 Å². The number of aryl methyl sites for hydroxylation is 1. The molecule has 30 heavy (non-hydrogen) atoms. The zero-order valence-corrected chi connectivity index (χ0v) is 18.9. The Labute approximate surface area is 185 Å². The molecule has 6 nitrogen and oxygen atoms in total. The van der Waals surface area contributed by atoms with Crippen molar-refractivity contribution in [2.24, 2.45) is 0 Å². The molecule has 0 aromatic heterocycles. The van der Waals surface area contributed by atoms with Crippen LogP contribution in [-0.2, 0) is 22.6 Å². The van der Waals surface area contributed by atoms with Gasteiger partial charge >= 0.3 is 0 Å². The van der Waals surface area contributed by atoms with Crippen LogP contribution in [0, 0.1) is 0 Å². The Morgan fingerprint density at radius 3 is 2.70 bits per heavy atom. The number of fused-ring (bicyclic) bond motifs is 1. The summed E-state index contributed by atoms with van der Waals surface area (Å²) >= 11 is 3.47. The first kappa shape index (κ1) is 22.2. The van der Waals surface area contributed by atoms with Gasteiger partial charge in [0.15, 0.2) is 11.5 Å². The number of nitrogens with zero attached hydrogens (tertiary/aromatic N) is 1. The molecule has 1 atom stereocenters. The van der Waals surface area contributed by atoms with Crippen molar-refractivity contribution < 1.29 is 19.1 Å². The highest BCUT2D eigenvalue weighted by molar-refractivity contribution is 9.10. The number of hydrogen-bond acceptors (Lipinski definition) is 4. The largest absolute Gasteiger partial charge is 0.454 e. The van der Waals surface area contributed by atoms with Crippen molar-refractivity contribution in [2.75, 3.05) is 13.3 Å². The molecule has 0 aliphatic carbocycles. The van der Waals surface area contributed by atoms with Crippen LogP contribution in [0.25, 0.3) is 0 Å². The fraction of sp³-hybridized carbons (Fsp3) is 0.391. The molecule has 0 saturated carbocycles. The molecule has 2 aromatic carbocycles. The summed E-state index contributed by atoms with van der Waals surface area (Å²) < 4.78 is 11.7. The molecular formula is C23H27BrN2O4. The van der Waals surface area contributed by atoms with Gasteiger partial charge in [-0.1, -0.05) is 41.1 Å². The van der Waals surface area contributed by atoms with Crippen LogP contribution in [0.15, 0.2) is 46.9 Å². The van der Waals surface area contributed by atoms with Gasteiger partial charge in [-0.25, -0.2) is 0 Å². The number of ether oxygens (including phenoxy) is 2. The minimum Gasteiger partial charge on any atom is -0.454 e. The number of carbonyl (C=O) groups is 2. The van der Waals surface area contributed by atoms with Crippen LogP contribution >= 0.6 is 15.9 Å². The third-order valence-corrected chi connectivity index (χ3v) is 5.52. The van der Waals surface area contributed by atoms with Gasteiger partial charge in [-0.2, -0.15) is 0 Å². The fourth-order valence-electron chi connectivity index (χ4n) is 3.30. The van der Waals surface area contributed by atoms with Crippen molar-refractivity contribution in [1.82, 2.24) is 10.2 Å². The molecule has 2 amide bonds. The van der Waals surface area contributed by atoms with Crippen molar-refractivity contribution in [2.45, 2.75) is 45.7 Å². The van der Waals surface area contributed by atoms with Crippen LogP contribution in [0.1, 0.15) is 37.8 Å². The predicted octanol–water partition coefficient (Wildman–Crippen LogP) is 4.05. The van der Waals surface area contributed by atoms with Crippen molar-refractivity contribution in [3.05, 3.63) is 58.1 Å². The predicted molar refractivity (Wildman–Crippen MR) is 118 cm³/mol. The van der Waals surface area contributed by atoms with Crippen LogP contribution in [-0.4, -0.2) is 36.1 Å². The zero-order valence-electron chi connectivity index (χ0n) is 17.3. The Kier molecular flexibility index (Phi) is 7.74. The van der Waals surface area contributed by atoms with Crippen molar-refractivity contribution in [1.29, 1.82) is 0 Å². The second-order valence-electron chi connectivity index (χ2n) is 7.31. The summed E-state index contributed by atoms with van der Waals surface area (Å²) in [6, 6.07) is 12.9. The van der Waals surface area contributed by atoms with Crippen molar-refractivity contribution in [3.8, 4) is 11.5 Å². The van der Waals surface area contributed by atoms with Crippen LogP contribution in [0.3, 0.4) is 0 Å². The maximum Gasteiger partial charge on any atom is 0.242 e. The van der Waals surface area contributed by atoms with Crippen molar-refractivity contribution >= 4 is 27.7 Å². The summed E-state index contributed by atoms with van der Waals surface area (Å²) in [6.07, 6.45) is 1.72. The third-order valence-electron chi connectivity index (χ3n) is 5.02. The summed E-state index contributed by atoms with van der Waals surface area (Å²) in [7, 11) is 0. The number of hydrogen-bond donors (Lipinski definition) is 1. The Morgan fingerprint density at radius 2 is 1.93 bits per heavy atom. The number of halogens is 1. The summed E-state index contributed by atoms with van der Waals surface area (Å²) in [5.74, 6) is 1.23. The lowest BCUT2D eigenvalue weighted by atomic mass is 10.1. The Hall–Kier alpha value is -2.54. The Bertz CT molecular complexity index is 903. The van der Waals surface area contributed by atoms with Gasteiger partial charge in [-0.3, -0.25) is 9.59 Å². The molecule has 0 saturated heterocycles. The van der Waals surface area contributed by atoms with Gasteiger partial charge in [0.2, 0.25) is 18.6 Å². The number of amides is 2. The zero-order chi connectivity index (χ0) is 21.5. The van der Waals surface area contributed by atoms with E-state index in [1.807, 2.05) is 49.4 Å². The molecule has 1 heterocycles. The molecule has 1 N–H and O–H groups in total. The van der Waals surface area contributed by atoms with E-state index in [4.69, 9.17) is 9.47 Å². The van der Waals surface area contributed by atoms with E-state index in [0.717, 1.165) is 27.8 Å². The number of nitrogens with one attached hydrogen (secondary N) is 1. The standard InChI is InChI=1S/C23H27BrN2O4/c1-3-11-25-23(28)16(2)26(14-18-5-4-6-19(24)12-18)22(27)10-8-17-7-9-20-21(13-17)30-15-29-20/h4-7,9,12-13,16H,3,8,10-11,14-15H2,1-2H3,(H,25,28). The smallest absolute Gasteiger partial charge is 0.242 e. The summed E-state index contributed by atoms with van der Waals surface area (Å²) in [6.45, 7) is 4.98.